The van der Waals surface area contributed by atoms with Gasteiger partial charge in [-0.1, -0.05) is 31.0 Å². The van der Waals surface area contributed by atoms with E-state index in [1.165, 1.54) is 12.8 Å². The van der Waals surface area contributed by atoms with Crippen molar-refractivity contribution in [1.82, 2.24) is 20.0 Å². The topological polar surface area (TPSA) is 78.5 Å². The van der Waals surface area contributed by atoms with Crippen LogP contribution in [0.2, 0.25) is 0 Å². The van der Waals surface area contributed by atoms with E-state index in [1.807, 2.05) is 41.8 Å². The molecule has 2 aromatic rings. The van der Waals surface area contributed by atoms with Gasteiger partial charge in [-0.25, -0.2) is 0 Å². The highest BCUT2D eigenvalue weighted by Gasteiger charge is 2.30. The first-order valence-electron chi connectivity index (χ1n) is 11.8. The second-order valence-corrected chi connectivity index (χ2v) is 9.09. The Labute approximate surface area is 190 Å². The average molecular weight is 439 g/mol. The van der Waals surface area contributed by atoms with E-state index in [4.69, 9.17) is 4.74 Å². The highest BCUT2D eigenvalue weighted by Crippen LogP contribution is 2.29. The number of aromatic amines is 1. The number of benzene rings is 1. The molecule has 4 rings (SSSR count). The lowest BCUT2D eigenvalue weighted by molar-refractivity contribution is -0.134. The predicted molar refractivity (Wildman–Crippen MR) is 123 cm³/mol. The molecule has 1 N–H and O–H groups in total. The molecule has 32 heavy (non-hydrogen) atoms. The Kier molecular flexibility index (Phi) is 7.12. The minimum atomic E-state index is -0.0164. The van der Waals surface area contributed by atoms with Crippen molar-refractivity contribution in [2.24, 2.45) is 0 Å². The number of piperidine rings is 1. The van der Waals surface area contributed by atoms with Gasteiger partial charge in [-0.15, -0.1) is 0 Å². The van der Waals surface area contributed by atoms with Crippen LogP contribution in [0.4, 0.5) is 0 Å². The molecule has 3 heterocycles. The smallest absolute Gasteiger partial charge is 0.260 e. The minimum absolute atomic E-state index is 0.0164. The summed E-state index contributed by atoms with van der Waals surface area (Å²) in [5.74, 6) is 0.921. The first-order valence-corrected chi connectivity index (χ1v) is 11.8. The number of aryl methyl sites for hydroxylation is 2. The van der Waals surface area contributed by atoms with Gasteiger partial charge < -0.3 is 14.5 Å². The number of H-pyrrole nitrogens is 1. The van der Waals surface area contributed by atoms with Crippen LogP contribution in [0, 0.1) is 13.8 Å². The van der Waals surface area contributed by atoms with Crippen molar-refractivity contribution in [2.45, 2.75) is 58.3 Å². The zero-order valence-electron chi connectivity index (χ0n) is 19.2. The molecule has 2 fully saturated rings. The van der Waals surface area contributed by atoms with Crippen LogP contribution in [0.5, 0.6) is 5.75 Å². The number of aromatic nitrogens is 2. The number of likely N-dealkylation sites (tertiary alicyclic amines) is 2. The maximum Gasteiger partial charge on any atom is 0.260 e. The van der Waals surface area contributed by atoms with Crippen LogP contribution >= 0.6 is 0 Å². The molecule has 7 heteroatoms. The number of carbonyl (C=O) groups is 2. The Morgan fingerprint density at radius 3 is 2.44 bits per heavy atom. The summed E-state index contributed by atoms with van der Waals surface area (Å²) in [5, 5.41) is 7.28. The highest BCUT2D eigenvalue weighted by atomic mass is 16.5. The Balaban J connectivity index is 1.40. The molecule has 2 saturated heterocycles. The van der Waals surface area contributed by atoms with Crippen molar-refractivity contribution in [2.75, 3.05) is 32.8 Å². The van der Waals surface area contributed by atoms with Gasteiger partial charge in [0, 0.05) is 32.1 Å². The third kappa shape index (κ3) is 4.97. The average Bonchev–Trinajstić information content (AvgIpc) is 3.13. The molecule has 1 atom stereocenters. The molecule has 2 aliphatic heterocycles. The molecular weight excluding hydrogens is 404 g/mol. The monoisotopic (exact) mass is 438 g/mol. The number of amides is 2. The fourth-order valence-corrected chi connectivity index (χ4v) is 4.91. The molecule has 0 spiro atoms. The Morgan fingerprint density at radius 1 is 1.03 bits per heavy atom. The third-order valence-corrected chi connectivity index (χ3v) is 6.72. The van der Waals surface area contributed by atoms with E-state index in [1.54, 1.807) is 6.20 Å². The second kappa shape index (κ2) is 10.2. The first-order chi connectivity index (χ1) is 15.5. The normalized spacial score (nSPS) is 19.5. The lowest BCUT2D eigenvalue weighted by Gasteiger charge is -2.33. The number of carbonyl (C=O) groups excluding carboxylic acids is 2. The highest BCUT2D eigenvalue weighted by molar-refractivity contribution is 5.95. The molecule has 1 aromatic heterocycles. The number of nitrogens with zero attached hydrogens (tertiary/aromatic N) is 3. The summed E-state index contributed by atoms with van der Waals surface area (Å²) >= 11 is 0. The summed E-state index contributed by atoms with van der Waals surface area (Å²) in [6.07, 6.45) is 7.99. The molecule has 0 radical (unpaired) electrons. The van der Waals surface area contributed by atoms with E-state index in [0.717, 1.165) is 67.9 Å². The summed E-state index contributed by atoms with van der Waals surface area (Å²) in [6, 6.07) is 5.97. The van der Waals surface area contributed by atoms with E-state index >= 15 is 0 Å². The summed E-state index contributed by atoms with van der Waals surface area (Å²) in [5.41, 5.74) is 3.59. The number of nitrogens with one attached hydrogen (secondary N) is 1. The lowest BCUT2D eigenvalue weighted by atomic mass is 9.92. The summed E-state index contributed by atoms with van der Waals surface area (Å²) in [4.78, 5) is 29.9. The van der Waals surface area contributed by atoms with Crippen LogP contribution in [0.25, 0.3) is 0 Å². The maximum atomic E-state index is 13.2. The van der Waals surface area contributed by atoms with Gasteiger partial charge in [0.05, 0.1) is 17.5 Å². The summed E-state index contributed by atoms with van der Waals surface area (Å²) < 4.78 is 5.89. The van der Waals surface area contributed by atoms with Crippen molar-refractivity contribution in [3.8, 4) is 5.75 Å². The van der Waals surface area contributed by atoms with Gasteiger partial charge >= 0.3 is 0 Å². The fraction of sp³-hybridized carbons (Fsp3) is 0.560. The molecule has 1 aromatic carbocycles. The molecular formula is C25H34N4O3. The van der Waals surface area contributed by atoms with E-state index in [2.05, 4.69) is 10.2 Å². The molecule has 172 valence electrons. The molecule has 0 bridgehead atoms. The van der Waals surface area contributed by atoms with Crippen LogP contribution in [0.3, 0.4) is 0 Å². The molecule has 0 unspecified atom stereocenters. The lowest BCUT2D eigenvalue weighted by Crippen LogP contribution is -2.42. The van der Waals surface area contributed by atoms with Crippen molar-refractivity contribution >= 4 is 11.8 Å². The molecule has 0 saturated carbocycles. The molecule has 2 amide bonds. The van der Waals surface area contributed by atoms with Gasteiger partial charge in [0.1, 0.15) is 5.75 Å². The fourth-order valence-electron chi connectivity index (χ4n) is 4.91. The number of rotatable bonds is 5. The molecule has 0 aliphatic carbocycles. The molecule has 2 aliphatic rings. The van der Waals surface area contributed by atoms with Crippen molar-refractivity contribution in [3.05, 3.63) is 46.8 Å². The quantitative estimate of drug-likeness (QED) is 0.770. The SMILES string of the molecule is Cc1cccc(C)c1OCC(=O)N1CCC[C@H](c2[nH]ncc2C(=O)N2CCCCCC2)C1. The third-order valence-electron chi connectivity index (χ3n) is 6.72. The number of hydrogen-bond acceptors (Lipinski definition) is 4. The van der Waals surface area contributed by atoms with Gasteiger partial charge in [0.2, 0.25) is 0 Å². The van der Waals surface area contributed by atoms with E-state index < -0.39 is 0 Å². The molecule has 7 nitrogen and oxygen atoms in total. The zero-order chi connectivity index (χ0) is 22.5. The van der Waals surface area contributed by atoms with Crippen LogP contribution < -0.4 is 4.74 Å². The van der Waals surface area contributed by atoms with Crippen LogP contribution in [-0.4, -0.2) is 64.6 Å². The summed E-state index contributed by atoms with van der Waals surface area (Å²) in [6.45, 7) is 6.94. The Bertz CT molecular complexity index is 926. The second-order valence-electron chi connectivity index (χ2n) is 9.09. The minimum Gasteiger partial charge on any atom is -0.483 e. The van der Waals surface area contributed by atoms with Gasteiger partial charge in [-0.3, -0.25) is 14.7 Å². The largest absolute Gasteiger partial charge is 0.483 e. The van der Waals surface area contributed by atoms with E-state index in [-0.39, 0.29) is 24.3 Å². The standard InChI is InChI=1S/C25H34N4O3/c1-18-9-7-10-19(2)24(18)32-17-22(30)29-14-8-11-20(16-29)23-21(15-26-27-23)25(31)28-12-5-3-4-6-13-28/h7,9-10,15,20H,3-6,8,11-14,16-17H2,1-2H3,(H,26,27)/t20-/m0/s1. The van der Waals surface area contributed by atoms with Crippen molar-refractivity contribution in [1.29, 1.82) is 0 Å². The van der Waals surface area contributed by atoms with Gasteiger partial charge in [-0.2, -0.15) is 5.10 Å². The van der Waals surface area contributed by atoms with E-state index in [0.29, 0.717) is 12.1 Å². The first kappa shape index (κ1) is 22.4. The number of hydrogen-bond donors (Lipinski definition) is 1. The van der Waals surface area contributed by atoms with Crippen molar-refractivity contribution < 1.29 is 14.3 Å². The zero-order valence-corrected chi connectivity index (χ0v) is 19.2. The van der Waals surface area contributed by atoms with E-state index in [9.17, 15) is 9.59 Å². The Morgan fingerprint density at radius 2 is 1.72 bits per heavy atom. The number of ether oxygens (including phenoxy) is 1. The van der Waals surface area contributed by atoms with Gasteiger partial charge in [0.25, 0.3) is 11.8 Å². The van der Waals surface area contributed by atoms with Crippen LogP contribution in [0.15, 0.2) is 24.4 Å². The Hall–Kier alpha value is -2.83. The van der Waals surface area contributed by atoms with Crippen LogP contribution in [-0.2, 0) is 4.79 Å². The van der Waals surface area contributed by atoms with Crippen molar-refractivity contribution in [3.63, 3.8) is 0 Å². The van der Waals surface area contributed by atoms with Crippen LogP contribution in [0.1, 0.15) is 71.6 Å². The summed E-state index contributed by atoms with van der Waals surface area (Å²) in [7, 11) is 0. The maximum absolute atomic E-state index is 13.2. The predicted octanol–water partition coefficient (Wildman–Crippen LogP) is 3.83. The van der Waals surface area contributed by atoms with Gasteiger partial charge in [-0.05, 0) is 50.7 Å². The number of para-hydroxylation sites is 1. The van der Waals surface area contributed by atoms with Gasteiger partial charge in [0.15, 0.2) is 6.61 Å².